The zero-order valence-corrected chi connectivity index (χ0v) is 18.2. The summed E-state index contributed by atoms with van der Waals surface area (Å²) in [5.41, 5.74) is 2.69. The van der Waals surface area contributed by atoms with Crippen LogP contribution in [0.3, 0.4) is 0 Å². The first-order valence-electron chi connectivity index (χ1n) is 9.12. The molecule has 1 atom stereocenters. The number of carbonyl (C=O) groups excluding carboxylic acids is 1. The third-order valence-corrected chi connectivity index (χ3v) is 5.15. The molecule has 8 heteroatoms. The van der Waals surface area contributed by atoms with Crippen LogP contribution >= 0.6 is 24.0 Å². The smallest absolute Gasteiger partial charge is 0.262 e. The lowest BCUT2D eigenvalue weighted by atomic mass is 9.93. The van der Waals surface area contributed by atoms with Gasteiger partial charge in [0.2, 0.25) is 0 Å². The van der Waals surface area contributed by atoms with Gasteiger partial charge in [-0.25, -0.2) is 0 Å². The minimum Gasteiger partial charge on any atom is -0.508 e. The number of carbonyl (C=O) groups is 1. The van der Waals surface area contributed by atoms with Crippen molar-refractivity contribution in [1.82, 2.24) is 5.32 Å². The number of halogens is 2. The predicted octanol–water partition coefficient (Wildman–Crippen LogP) is 3.75. The van der Waals surface area contributed by atoms with E-state index in [9.17, 15) is 15.0 Å². The second kappa shape index (κ2) is 9.22. The maximum absolute atomic E-state index is 11.5. The molecule has 1 aliphatic rings. The van der Waals surface area contributed by atoms with Gasteiger partial charge in [-0.1, -0.05) is 23.7 Å². The number of ether oxygens (including phenoxy) is 1. The molecule has 6 nitrogen and oxygen atoms in total. The fraction of sp³-hybridized carbons (Fsp3) is 0.381. The summed E-state index contributed by atoms with van der Waals surface area (Å²) in [6.07, 6.45) is -0.162. The van der Waals surface area contributed by atoms with Crippen molar-refractivity contribution >= 4 is 35.6 Å². The lowest BCUT2D eigenvalue weighted by Gasteiger charge is -2.29. The first kappa shape index (κ1) is 23.3. The quantitative estimate of drug-likeness (QED) is 0.548. The molecule has 0 radical (unpaired) electrons. The van der Waals surface area contributed by atoms with Gasteiger partial charge in [-0.15, -0.1) is 12.4 Å². The molecule has 1 unspecified atom stereocenters. The van der Waals surface area contributed by atoms with Crippen molar-refractivity contribution in [3.8, 4) is 11.5 Å². The van der Waals surface area contributed by atoms with Gasteiger partial charge in [-0.2, -0.15) is 0 Å². The number of nitrogens with one attached hydrogen (secondary N) is 2. The number of aromatic hydroxyl groups is 1. The van der Waals surface area contributed by atoms with Gasteiger partial charge < -0.3 is 25.6 Å². The summed E-state index contributed by atoms with van der Waals surface area (Å²) in [5.74, 6) is 0.0448. The lowest BCUT2D eigenvalue weighted by molar-refractivity contribution is -0.118. The largest absolute Gasteiger partial charge is 0.508 e. The van der Waals surface area contributed by atoms with Crippen LogP contribution in [0.15, 0.2) is 30.3 Å². The van der Waals surface area contributed by atoms with Crippen LogP contribution in [0.25, 0.3) is 0 Å². The lowest BCUT2D eigenvalue weighted by Crippen LogP contribution is -2.43. The molecule has 0 spiro atoms. The minimum atomic E-state index is -0.915. The van der Waals surface area contributed by atoms with Crippen LogP contribution in [0.4, 0.5) is 5.69 Å². The number of benzene rings is 2. The molecule has 1 aliphatic heterocycles. The molecule has 0 saturated carbocycles. The fourth-order valence-corrected chi connectivity index (χ4v) is 3.45. The van der Waals surface area contributed by atoms with E-state index in [1.165, 1.54) is 12.1 Å². The number of anilines is 1. The van der Waals surface area contributed by atoms with Gasteiger partial charge in [0.15, 0.2) is 6.61 Å². The molecule has 0 aromatic heterocycles. The number of hydrogen-bond acceptors (Lipinski definition) is 5. The van der Waals surface area contributed by atoms with E-state index in [-0.39, 0.29) is 42.8 Å². The molecule has 2 aromatic rings. The SMILES string of the molecule is Cc1cc(CC(C)(C)NCC(O)c2cc(O)cc3c2OCC(=O)N3)ccc1Cl.Cl. The Hall–Kier alpha value is -1.99. The molecule has 0 bridgehead atoms. The van der Waals surface area contributed by atoms with Gasteiger partial charge in [0.25, 0.3) is 5.91 Å². The normalized spacial score (nSPS) is 14.3. The summed E-state index contributed by atoms with van der Waals surface area (Å²) in [7, 11) is 0. The molecule has 0 fully saturated rings. The third kappa shape index (κ3) is 5.76. The standard InChI is InChI=1S/C21H25ClN2O4.ClH/c1-12-6-13(4-5-16(12)22)9-21(2,3)23-10-18(26)15-7-14(25)8-17-20(15)28-11-19(27)24-17;/h4-8,18,23,25-26H,9-11H2,1-3H3,(H,24,27);1H. The van der Waals surface area contributed by atoms with Crippen LogP contribution in [0.1, 0.15) is 36.6 Å². The second-order valence-corrected chi connectivity index (χ2v) is 8.20. The number of amides is 1. The Morgan fingerprint density at radius 3 is 2.72 bits per heavy atom. The van der Waals surface area contributed by atoms with E-state index in [1.54, 1.807) is 0 Å². The first-order valence-corrected chi connectivity index (χ1v) is 9.50. The zero-order valence-electron chi connectivity index (χ0n) is 16.6. The van der Waals surface area contributed by atoms with Crippen molar-refractivity contribution in [2.75, 3.05) is 18.5 Å². The molecule has 29 heavy (non-hydrogen) atoms. The number of β-amino-alcohol motifs (C(OH)–C–C–N with tert-alkyl or cyclic N) is 1. The van der Waals surface area contributed by atoms with E-state index in [4.69, 9.17) is 16.3 Å². The second-order valence-electron chi connectivity index (χ2n) is 7.79. The number of rotatable bonds is 6. The number of aliphatic hydroxyl groups excluding tert-OH is 1. The van der Waals surface area contributed by atoms with Gasteiger partial charge >= 0.3 is 0 Å². The Labute approximate surface area is 181 Å². The van der Waals surface area contributed by atoms with Gasteiger partial charge in [0.05, 0.1) is 11.8 Å². The number of phenols is 1. The molecule has 158 valence electrons. The van der Waals surface area contributed by atoms with Crippen LogP contribution in [-0.4, -0.2) is 34.8 Å². The van der Waals surface area contributed by atoms with E-state index in [0.717, 1.165) is 22.6 Å². The summed E-state index contributed by atoms with van der Waals surface area (Å²) in [6, 6.07) is 8.81. The number of hydrogen-bond donors (Lipinski definition) is 4. The summed E-state index contributed by atoms with van der Waals surface area (Å²) in [5, 5.41) is 27.4. The number of fused-ring (bicyclic) bond motifs is 1. The van der Waals surface area contributed by atoms with Crippen molar-refractivity contribution in [3.63, 3.8) is 0 Å². The summed E-state index contributed by atoms with van der Waals surface area (Å²) in [4.78, 5) is 11.5. The fourth-order valence-electron chi connectivity index (χ4n) is 3.33. The monoisotopic (exact) mass is 440 g/mol. The highest BCUT2D eigenvalue weighted by Crippen LogP contribution is 2.38. The van der Waals surface area contributed by atoms with Crippen LogP contribution in [0.5, 0.6) is 11.5 Å². The highest BCUT2D eigenvalue weighted by molar-refractivity contribution is 6.31. The highest BCUT2D eigenvalue weighted by Gasteiger charge is 2.26. The molecule has 3 rings (SSSR count). The van der Waals surface area contributed by atoms with Crippen molar-refractivity contribution in [2.24, 2.45) is 0 Å². The number of aryl methyl sites for hydroxylation is 1. The summed E-state index contributed by atoms with van der Waals surface area (Å²) >= 11 is 6.10. The average molecular weight is 441 g/mol. The van der Waals surface area contributed by atoms with E-state index in [2.05, 4.69) is 30.5 Å². The molecule has 2 aromatic carbocycles. The van der Waals surface area contributed by atoms with Crippen molar-refractivity contribution in [2.45, 2.75) is 38.8 Å². The number of aliphatic hydroxyl groups is 1. The zero-order chi connectivity index (χ0) is 20.5. The highest BCUT2D eigenvalue weighted by atomic mass is 35.5. The van der Waals surface area contributed by atoms with Gasteiger partial charge in [0.1, 0.15) is 11.5 Å². The summed E-state index contributed by atoms with van der Waals surface area (Å²) in [6.45, 7) is 6.22. The molecule has 0 aliphatic carbocycles. The molecular formula is C21H26Cl2N2O4. The topological polar surface area (TPSA) is 90.8 Å². The van der Waals surface area contributed by atoms with Crippen LogP contribution in [-0.2, 0) is 11.2 Å². The van der Waals surface area contributed by atoms with Crippen LogP contribution in [0.2, 0.25) is 5.02 Å². The van der Waals surface area contributed by atoms with E-state index in [1.807, 2.05) is 19.1 Å². The number of phenolic OH excluding ortho intramolecular Hbond substituents is 1. The van der Waals surface area contributed by atoms with Crippen molar-refractivity contribution in [1.29, 1.82) is 0 Å². The van der Waals surface area contributed by atoms with Gasteiger partial charge in [-0.05, 0) is 50.5 Å². The predicted molar refractivity (Wildman–Crippen MR) is 116 cm³/mol. The molecule has 4 N–H and O–H groups in total. The van der Waals surface area contributed by atoms with E-state index < -0.39 is 6.10 Å². The molecular weight excluding hydrogens is 415 g/mol. The average Bonchev–Trinajstić information content (AvgIpc) is 2.61. The van der Waals surface area contributed by atoms with Crippen LogP contribution < -0.4 is 15.4 Å². The van der Waals surface area contributed by atoms with E-state index in [0.29, 0.717) is 17.0 Å². The third-order valence-electron chi connectivity index (χ3n) is 4.73. The van der Waals surface area contributed by atoms with Crippen molar-refractivity contribution in [3.05, 3.63) is 52.0 Å². The van der Waals surface area contributed by atoms with Gasteiger partial charge in [-0.3, -0.25) is 4.79 Å². The Morgan fingerprint density at radius 1 is 1.31 bits per heavy atom. The Kier molecular flexibility index (Phi) is 7.40. The molecule has 0 saturated heterocycles. The van der Waals surface area contributed by atoms with Gasteiger partial charge in [0, 0.05) is 28.7 Å². The maximum Gasteiger partial charge on any atom is 0.262 e. The maximum atomic E-state index is 11.5. The van der Waals surface area contributed by atoms with Crippen LogP contribution in [0, 0.1) is 6.92 Å². The summed E-state index contributed by atoms with van der Waals surface area (Å²) < 4.78 is 5.47. The Morgan fingerprint density at radius 2 is 2.03 bits per heavy atom. The Balaban J connectivity index is 0.00000300. The van der Waals surface area contributed by atoms with E-state index >= 15 is 0 Å². The molecule has 1 heterocycles. The van der Waals surface area contributed by atoms with Crippen molar-refractivity contribution < 1.29 is 19.7 Å². The minimum absolute atomic E-state index is 0. The Bertz CT molecular complexity index is 902. The first-order chi connectivity index (χ1) is 13.1. The molecule has 1 amide bonds.